The summed E-state index contributed by atoms with van der Waals surface area (Å²) in [5, 5.41) is 2.91. The van der Waals surface area contributed by atoms with Crippen molar-refractivity contribution in [3.63, 3.8) is 0 Å². The molecule has 1 N–H and O–H groups in total. The molecule has 3 rings (SSSR count). The van der Waals surface area contributed by atoms with Crippen LogP contribution in [0.25, 0.3) is 6.08 Å². The fourth-order valence-corrected chi connectivity index (χ4v) is 4.10. The van der Waals surface area contributed by atoms with Gasteiger partial charge in [0.2, 0.25) is 5.91 Å². The zero-order chi connectivity index (χ0) is 20.6. The average Bonchev–Trinajstić information content (AvgIpc) is 2.98. The molecule has 0 aliphatic carbocycles. The zero-order valence-electron chi connectivity index (χ0n) is 16.1. The normalized spacial score (nSPS) is 15.5. The van der Waals surface area contributed by atoms with Crippen LogP contribution in [0.2, 0.25) is 0 Å². The Balaban J connectivity index is 1.50. The van der Waals surface area contributed by atoms with Gasteiger partial charge in [-0.1, -0.05) is 84.7 Å². The minimum absolute atomic E-state index is 0.0638. The van der Waals surface area contributed by atoms with Crippen molar-refractivity contribution in [2.75, 3.05) is 11.9 Å². The number of nitrogens with zero attached hydrogens (tertiary/aromatic N) is 1. The maximum absolute atomic E-state index is 12.6. The third-order valence-electron chi connectivity index (χ3n) is 4.41. The molecule has 0 bridgehead atoms. The molecule has 2 aromatic rings. The molecule has 2 amide bonds. The molecular formula is C23H22N2O2S2. The van der Waals surface area contributed by atoms with Gasteiger partial charge in [-0.2, -0.15) is 0 Å². The maximum Gasteiger partial charge on any atom is 0.266 e. The predicted molar refractivity (Wildman–Crippen MR) is 125 cm³/mol. The summed E-state index contributed by atoms with van der Waals surface area (Å²) in [5.74, 6) is -0.164. The minimum atomic E-state index is -0.1000. The lowest BCUT2D eigenvalue weighted by molar-refractivity contribution is -0.122. The zero-order valence-corrected chi connectivity index (χ0v) is 17.8. The van der Waals surface area contributed by atoms with Gasteiger partial charge in [0.25, 0.3) is 5.91 Å². The summed E-state index contributed by atoms with van der Waals surface area (Å²) in [5.41, 5.74) is 2.90. The summed E-state index contributed by atoms with van der Waals surface area (Å²) >= 11 is 6.64. The molecule has 1 aliphatic rings. The summed E-state index contributed by atoms with van der Waals surface area (Å²) in [6.45, 7) is 2.39. The second kappa shape index (κ2) is 10.2. The van der Waals surface area contributed by atoms with E-state index in [2.05, 4.69) is 5.32 Å². The number of carbonyl (C=O) groups is 2. The van der Waals surface area contributed by atoms with Crippen LogP contribution in [0.1, 0.15) is 24.0 Å². The van der Waals surface area contributed by atoms with E-state index in [1.54, 1.807) is 11.0 Å². The van der Waals surface area contributed by atoms with Crippen molar-refractivity contribution >= 4 is 51.9 Å². The molecule has 148 valence electrons. The highest BCUT2D eigenvalue weighted by Crippen LogP contribution is 2.31. The molecule has 2 aromatic carbocycles. The third-order valence-corrected chi connectivity index (χ3v) is 5.81. The van der Waals surface area contributed by atoms with E-state index in [1.165, 1.54) is 11.8 Å². The Kier molecular flexibility index (Phi) is 7.38. The number of carbonyl (C=O) groups excluding carboxylic acids is 2. The Bertz CT molecular complexity index is 968. The molecule has 0 atom stereocenters. The molecule has 1 fully saturated rings. The van der Waals surface area contributed by atoms with Crippen LogP contribution in [0, 0.1) is 6.92 Å². The van der Waals surface area contributed by atoms with Gasteiger partial charge in [0.15, 0.2) is 0 Å². The quantitative estimate of drug-likeness (QED) is 0.494. The highest BCUT2D eigenvalue weighted by molar-refractivity contribution is 8.26. The number of anilines is 1. The Morgan fingerprint density at radius 3 is 2.62 bits per heavy atom. The molecule has 0 radical (unpaired) electrons. The number of aryl methyl sites for hydroxylation is 1. The molecule has 1 aliphatic heterocycles. The molecule has 29 heavy (non-hydrogen) atoms. The van der Waals surface area contributed by atoms with Crippen molar-refractivity contribution in [3.8, 4) is 0 Å². The number of rotatable bonds is 7. The number of para-hydroxylation sites is 1. The predicted octanol–water partition coefficient (Wildman–Crippen LogP) is 5.17. The maximum atomic E-state index is 12.6. The van der Waals surface area contributed by atoms with Crippen LogP contribution < -0.4 is 5.32 Å². The summed E-state index contributed by atoms with van der Waals surface area (Å²) in [6, 6.07) is 17.5. The average molecular weight is 423 g/mol. The Labute approximate surface area is 180 Å². The van der Waals surface area contributed by atoms with E-state index in [0.717, 1.165) is 16.8 Å². The van der Waals surface area contributed by atoms with E-state index in [-0.39, 0.29) is 11.8 Å². The summed E-state index contributed by atoms with van der Waals surface area (Å²) < 4.78 is 0.536. The van der Waals surface area contributed by atoms with Gasteiger partial charge in [0, 0.05) is 18.7 Å². The second-order valence-corrected chi connectivity index (χ2v) is 8.27. The van der Waals surface area contributed by atoms with Gasteiger partial charge < -0.3 is 5.32 Å². The number of nitrogens with one attached hydrogen (secondary N) is 1. The molecular weight excluding hydrogens is 400 g/mol. The number of hydrogen-bond acceptors (Lipinski definition) is 4. The van der Waals surface area contributed by atoms with E-state index in [9.17, 15) is 9.59 Å². The topological polar surface area (TPSA) is 49.4 Å². The first-order valence-corrected chi connectivity index (χ1v) is 10.6. The standard InChI is InChI=1S/C23H22N2O2S2/c1-17-9-5-6-13-19(17)24-21(26)15-8-16-25-22(27)20(29-23(25)28)14-7-12-18-10-3-2-4-11-18/h2-7,9-14H,8,15-16H2,1H3,(H,24,26). The van der Waals surface area contributed by atoms with Crippen LogP contribution in [0.4, 0.5) is 5.69 Å². The fourth-order valence-electron chi connectivity index (χ4n) is 2.84. The van der Waals surface area contributed by atoms with Gasteiger partial charge in [-0.05, 0) is 36.6 Å². The van der Waals surface area contributed by atoms with Gasteiger partial charge in [0.05, 0.1) is 4.91 Å². The highest BCUT2D eigenvalue weighted by Gasteiger charge is 2.31. The van der Waals surface area contributed by atoms with Crippen molar-refractivity contribution < 1.29 is 9.59 Å². The van der Waals surface area contributed by atoms with Gasteiger partial charge in [0.1, 0.15) is 4.32 Å². The molecule has 0 spiro atoms. The Hall–Kier alpha value is -2.70. The molecule has 4 nitrogen and oxygen atoms in total. The number of benzene rings is 2. The van der Waals surface area contributed by atoms with Gasteiger partial charge in [-0.15, -0.1) is 0 Å². The molecule has 6 heteroatoms. The first-order valence-electron chi connectivity index (χ1n) is 9.37. The van der Waals surface area contributed by atoms with Crippen LogP contribution >= 0.6 is 24.0 Å². The molecule has 1 heterocycles. The fraction of sp³-hybridized carbons (Fsp3) is 0.174. The van der Waals surface area contributed by atoms with E-state index >= 15 is 0 Å². The molecule has 1 saturated heterocycles. The van der Waals surface area contributed by atoms with Crippen LogP contribution in [0.3, 0.4) is 0 Å². The van der Waals surface area contributed by atoms with Crippen molar-refractivity contribution in [1.82, 2.24) is 4.90 Å². The smallest absolute Gasteiger partial charge is 0.266 e. The SMILES string of the molecule is Cc1ccccc1NC(=O)CCCN1C(=O)C(=CC=Cc2ccccc2)SC1=S. The van der Waals surface area contributed by atoms with E-state index in [1.807, 2.05) is 73.7 Å². The van der Waals surface area contributed by atoms with Crippen LogP contribution in [-0.2, 0) is 9.59 Å². The number of hydrogen-bond donors (Lipinski definition) is 1. The number of thiocarbonyl (C=S) groups is 1. The van der Waals surface area contributed by atoms with E-state index in [4.69, 9.17) is 12.2 Å². The largest absolute Gasteiger partial charge is 0.326 e. The van der Waals surface area contributed by atoms with Crippen molar-refractivity contribution in [2.24, 2.45) is 0 Å². The minimum Gasteiger partial charge on any atom is -0.326 e. The molecule has 0 saturated carbocycles. The molecule has 0 aromatic heterocycles. The lowest BCUT2D eigenvalue weighted by atomic mass is 10.2. The van der Waals surface area contributed by atoms with E-state index < -0.39 is 0 Å². The van der Waals surface area contributed by atoms with Crippen molar-refractivity contribution in [3.05, 3.63) is 82.8 Å². The van der Waals surface area contributed by atoms with Gasteiger partial charge in [-0.3, -0.25) is 14.5 Å². The Morgan fingerprint density at radius 1 is 1.14 bits per heavy atom. The van der Waals surface area contributed by atoms with Crippen molar-refractivity contribution in [2.45, 2.75) is 19.8 Å². The van der Waals surface area contributed by atoms with Crippen LogP contribution in [-0.4, -0.2) is 27.6 Å². The summed E-state index contributed by atoms with van der Waals surface area (Å²) in [6.07, 6.45) is 6.48. The first-order chi connectivity index (χ1) is 14.0. The number of amides is 2. The summed E-state index contributed by atoms with van der Waals surface area (Å²) in [7, 11) is 0. The highest BCUT2D eigenvalue weighted by atomic mass is 32.2. The van der Waals surface area contributed by atoms with Crippen LogP contribution in [0.5, 0.6) is 0 Å². The second-order valence-electron chi connectivity index (χ2n) is 6.59. The lowest BCUT2D eigenvalue weighted by Crippen LogP contribution is -2.29. The number of thioether (sulfide) groups is 1. The van der Waals surface area contributed by atoms with Gasteiger partial charge in [-0.25, -0.2) is 0 Å². The van der Waals surface area contributed by atoms with Gasteiger partial charge >= 0.3 is 0 Å². The third kappa shape index (κ3) is 5.89. The van der Waals surface area contributed by atoms with E-state index in [0.29, 0.717) is 28.6 Å². The Morgan fingerprint density at radius 2 is 1.86 bits per heavy atom. The monoisotopic (exact) mass is 422 g/mol. The van der Waals surface area contributed by atoms with Crippen LogP contribution in [0.15, 0.2) is 71.7 Å². The summed E-state index contributed by atoms with van der Waals surface area (Å²) in [4.78, 5) is 26.9. The first kappa shape index (κ1) is 21.0. The molecule has 0 unspecified atom stereocenters. The number of allylic oxidation sites excluding steroid dienone is 2. The van der Waals surface area contributed by atoms with Crippen molar-refractivity contribution in [1.29, 1.82) is 0 Å². The lowest BCUT2D eigenvalue weighted by Gasteiger charge is -2.14.